The molecule has 1 rings (SSSR count). The molecule has 2 atom stereocenters. The van der Waals surface area contributed by atoms with E-state index in [0.29, 0.717) is 13.1 Å². The Labute approximate surface area is 94.2 Å². The summed E-state index contributed by atoms with van der Waals surface area (Å²) in [5.41, 5.74) is 13.5. The highest BCUT2D eigenvalue weighted by atomic mass is 16.6. The van der Waals surface area contributed by atoms with Crippen molar-refractivity contribution in [2.24, 2.45) is 10.8 Å². The molecule has 2 N–H and O–H groups in total. The lowest BCUT2D eigenvalue weighted by Gasteiger charge is -2.24. The minimum Gasteiger partial charge on any atom is -0.444 e. The number of carbonyl (C=O) groups excluding carboxylic acids is 1. The Hall–Kier alpha value is -1.46. The number of hydrogen-bond donors (Lipinski definition) is 1. The van der Waals surface area contributed by atoms with Crippen LogP contribution in [0.3, 0.4) is 0 Å². The average Bonchev–Trinajstić information content (AvgIpc) is 2.46. The van der Waals surface area contributed by atoms with Crippen LogP contribution in [0.4, 0.5) is 4.79 Å². The van der Waals surface area contributed by atoms with Gasteiger partial charge in [-0.2, -0.15) is 0 Å². The molecule has 1 heterocycles. The van der Waals surface area contributed by atoms with Crippen LogP contribution < -0.4 is 5.73 Å². The lowest BCUT2D eigenvalue weighted by molar-refractivity contribution is 0.0291. The van der Waals surface area contributed by atoms with Crippen LogP contribution in [-0.2, 0) is 4.74 Å². The molecular weight excluding hydrogens is 210 g/mol. The third-order valence-corrected chi connectivity index (χ3v) is 2.18. The predicted octanol–water partition coefficient (Wildman–Crippen LogP) is 1.24. The zero-order chi connectivity index (χ0) is 12.3. The molecule has 1 amide bonds. The van der Waals surface area contributed by atoms with Crippen LogP contribution >= 0.6 is 0 Å². The molecule has 1 aliphatic heterocycles. The maximum atomic E-state index is 11.7. The van der Waals surface area contributed by atoms with E-state index < -0.39 is 11.7 Å². The Morgan fingerprint density at radius 3 is 2.69 bits per heavy atom. The third kappa shape index (κ3) is 3.29. The standard InChI is InChI=1S/C9H17N5O2/c1-9(2,3)16-8(15)14-4-6(10)7(5-14)12-13-11/h6-7H,4-5,10H2,1-3H3/t6-,7+/m1/s1. The van der Waals surface area contributed by atoms with Gasteiger partial charge in [-0.25, -0.2) is 4.79 Å². The summed E-state index contributed by atoms with van der Waals surface area (Å²) in [6, 6.07) is -0.680. The molecular formula is C9H17N5O2. The minimum absolute atomic E-state index is 0.316. The highest BCUT2D eigenvalue weighted by molar-refractivity contribution is 5.68. The molecule has 7 heteroatoms. The molecule has 90 valence electrons. The Balaban J connectivity index is 2.58. The van der Waals surface area contributed by atoms with Crippen LogP contribution in [0.2, 0.25) is 0 Å². The van der Waals surface area contributed by atoms with Crippen molar-refractivity contribution in [1.82, 2.24) is 4.90 Å². The topological polar surface area (TPSA) is 104 Å². The zero-order valence-corrected chi connectivity index (χ0v) is 9.75. The second kappa shape index (κ2) is 4.59. The van der Waals surface area contributed by atoms with Crippen molar-refractivity contribution >= 4 is 6.09 Å². The van der Waals surface area contributed by atoms with Gasteiger partial charge in [0.25, 0.3) is 0 Å². The van der Waals surface area contributed by atoms with Crippen molar-refractivity contribution in [1.29, 1.82) is 0 Å². The second-order valence-electron chi connectivity index (χ2n) is 4.82. The Morgan fingerprint density at radius 1 is 1.56 bits per heavy atom. The summed E-state index contributed by atoms with van der Waals surface area (Å²) < 4.78 is 5.19. The van der Waals surface area contributed by atoms with E-state index in [4.69, 9.17) is 16.0 Å². The van der Waals surface area contributed by atoms with Crippen molar-refractivity contribution < 1.29 is 9.53 Å². The zero-order valence-electron chi connectivity index (χ0n) is 9.75. The first kappa shape index (κ1) is 12.6. The fourth-order valence-electron chi connectivity index (χ4n) is 1.48. The Bertz CT molecular complexity index is 318. The van der Waals surface area contributed by atoms with E-state index in [2.05, 4.69) is 10.0 Å². The van der Waals surface area contributed by atoms with Crippen molar-refractivity contribution in [2.45, 2.75) is 38.5 Å². The lowest BCUT2D eigenvalue weighted by Crippen LogP contribution is -2.36. The fourth-order valence-corrected chi connectivity index (χ4v) is 1.48. The van der Waals surface area contributed by atoms with Gasteiger partial charge in [0.05, 0.1) is 6.04 Å². The Morgan fingerprint density at radius 2 is 2.19 bits per heavy atom. The maximum absolute atomic E-state index is 11.7. The van der Waals surface area contributed by atoms with Gasteiger partial charge in [0.1, 0.15) is 5.60 Å². The van der Waals surface area contributed by atoms with E-state index in [1.165, 1.54) is 4.90 Å². The number of nitrogens with zero attached hydrogens (tertiary/aromatic N) is 4. The maximum Gasteiger partial charge on any atom is 0.410 e. The van der Waals surface area contributed by atoms with Crippen molar-refractivity contribution in [3.05, 3.63) is 10.4 Å². The molecule has 1 saturated heterocycles. The van der Waals surface area contributed by atoms with Crippen LogP contribution in [0, 0.1) is 0 Å². The van der Waals surface area contributed by atoms with Crippen LogP contribution in [-0.4, -0.2) is 41.8 Å². The molecule has 7 nitrogen and oxygen atoms in total. The van der Waals surface area contributed by atoms with E-state index in [0.717, 1.165) is 0 Å². The van der Waals surface area contributed by atoms with Gasteiger partial charge >= 0.3 is 6.09 Å². The van der Waals surface area contributed by atoms with E-state index in [1.807, 2.05) is 0 Å². The molecule has 0 aromatic carbocycles. The van der Waals surface area contributed by atoms with E-state index in [-0.39, 0.29) is 12.1 Å². The number of azide groups is 1. The molecule has 0 radical (unpaired) electrons. The summed E-state index contributed by atoms with van der Waals surface area (Å²) >= 11 is 0. The van der Waals surface area contributed by atoms with Gasteiger partial charge in [0, 0.05) is 24.0 Å². The summed E-state index contributed by atoms with van der Waals surface area (Å²) in [7, 11) is 0. The van der Waals surface area contributed by atoms with E-state index >= 15 is 0 Å². The summed E-state index contributed by atoms with van der Waals surface area (Å²) in [6.07, 6.45) is -0.418. The summed E-state index contributed by atoms with van der Waals surface area (Å²) in [6.45, 7) is 6.07. The minimum atomic E-state index is -0.530. The molecule has 0 unspecified atom stereocenters. The molecule has 0 bridgehead atoms. The number of nitrogens with two attached hydrogens (primary N) is 1. The van der Waals surface area contributed by atoms with Crippen molar-refractivity contribution in [2.75, 3.05) is 13.1 Å². The lowest BCUT2D eigenvalue weighted by atomic mass is 10.2. The fraction of sp³-hybridized carbons (Fsp3) is 0.889. The Kier molecular flexibility index (Phi) is 3.62. The van der Waals surface area contributed by atoms with Gasteiger partial charge < -0.3 is 15.4 Å². The number of carbonyl (C=O) groups is 1. The first-order valence-corrected chi connectivity index (χ1v) is 5.11. The number of likely N-dealkylation sites (tertiary alicyclic amines) is 1. The normalized spacial score (nSPS) is 25.1. The van der Waals surface area contributed by atoms with Crippen molar-refractivity contribution in [3.63, 3.8) is 0 Å². The number of ether oxygens (including phenoxy) is 1. The molecule has 0 saturated carbocycles. The van der Waals surface area contributed by atoms with Crippen LogP contribution in [0.15, 0.2) is 5.11 Å². The summed E-state index contributed by atoms with van der Waals surface area (Å²) in [4.78, 5) is 15.8. The van der Waals surface area contributed by atoms with Gasteiger partial charge in [-0.1, -0.05) is 5.11 Å². The quantitative estimate of drug-likeness (QED) is 0.414. The summed E-state index contributed by atoms with van der Waals surface area (Å²) in [5, 5.41) is 3.54. The second-order valence-corrected chi connectivity index (χ2v) is 4.82. The summed E-state index contributed by atoms with van der Waals surface area (Å²) in [5.74, 6) is 0. The molecule has 1 fully saturated rings. The van der Waals surface area contributed by atoms with Gasteiger partial charge in [-0.3, -0.25) is 0 Å². The largest absolute Gasteiger partial charge is 0.444 e. The number of hydrogen-bond acceptors (Lipinski definition) is 4. The first-order chi connectivity index (χ1) is 7.33. The van der Waals surface area contributed by atoms with E-state index in [9.17, 15) is 4.79 Å². The number of amides is 1. The third-order valence-electron chi connectivity index (χ3n) is 2.18. The molecule has 0 aromatic heterocycles. The van der Waals surface area contributed by atoms with Crippen LogP contribution in [0.5, 0.6) is 0 Å². The monoisotopic (exact) mass is 227 g/mol. The van der Waals surface area contributed by atoms with Gasteiger partial charge in [0.2, 0.25) is 0 Å². The SMILES string of the molecule is CC(C)(C)OC(=O)N1C[C@@H](N)[C@@H](N=[N+]=[N-])C1. The average molecular weight is 227 g/mol. The van der Waals surface area contributed by atoms with Crippen LogP contribution in [0.25, 0.3) is 10.4 Å². The molecule has 1 aliphatic rings. The molecule has 0 aliphatic carbocycles. The molecule has 16 heavy (non-hydrogen) atoms. The highest BCUT2D eigenvalue weighted by Gasteiger charge is 2.34. The highest BCUT2D eigenvalue weighted by Crippen LogP contribution is 2.16. The van der Waals surface area contributed by atoms with Crippen LogP contribution in [0.1, 0.15) is 20.8 Å². The van der Waals surface area contributed by atoms with Gasteiger partial charge in [-0.05, 0) is 26.3 Å². The van der Waals surface area contributed by atoms with Crippen molar-refractivity contribution in [3.8, 4) is 0 Å². The first-order valence-electron chi connectivity index (χ1n) is 5.11. The predicted molar refractivity (Wildman–Crippen MR) is 58.7 cm³/mol. The number of rotatable bonds is 1. The van der Waals surface area contributed by atoms with Gasteiger partial charge in [-0.15, -0.1) is 0 Å². The molecule has 0 spiro atoms. The molecule has 0 aromatic rings. The van der Waals surface area contributed by atoms with Gasteiger partial charge in [0.15, 0.2) is 0 Å². The smallest absolute Gasteiger partial charge is 0.410 e. The van der Waals surface area contributed by atoms with E-state index in [1.54, 1.807) is 20.8 Å².